The zero-order chi connectivity index (χ0) is 16.3. The fourth-order valence-electron chi connectivity index (χ4n) is 1.87. The molecule has 0 aromatic heterocycles. The van der Waals surface area contributed by atoms with E-state index in [-0.39, 0.29) is 11.1 Å². The molecule has 2 nitrogen and oxygen atoms in total. The minimum atomic E-state index is -0.423. The van der Waals surface area contributed by atoms with Gasteiger partial charge in [0, 0.05) is 12.2 Å². The van der Waals surface area contributed by atoms with Gasteiger partial charge in [-0.3, -0.25) is 0 Å². The maximum absolute atomic E-state index is 13.1. The van der Waals surface area contributed by atoms with Crippen LogP contribution in [0.25, 0.3) is 0 Å². The summed E-state index contributed by atoms with van der Waals surface area (Å²) in [6.07, 6.45) is 0.0953. The largest absolute Gasteiger partial charge is 0.489 e. The lowest BCUT2D eigenvalue weighted by Gasteiger charge is -2.15. The summed E-state index contributed by atoms with van der Waals surface area (Å²) < 4.78 is 20.6. The normalized spacial score (nSPS) is 10.9. The molecule has 0 heterocycles. The Balaban J connectivity index is 2.11. The summed E-state index contributed by atoms with van der Waals surface area (Å²) in [6, 6.07) is 8.54. The summed E-state index contributed by atoms with van der Waals surface area (Å²) in [5.74, 6) is 0.358. The van der Waals surface area contributed by atoms with Gasteiger partial charge < -0.3 is 10.1 Å². The van der Waals surface area contributed by atoms with Crippen molar-refractivity contribution in [2.24, 2.45) is 0 Å². The molecule has 0 atom stereocenters. The smallest absolute Gasteiger partial charge is 0.148 e. The van der Waals surface area contributed by atoms with Crippen LogP contribution >= 0.6 is 43.5 Å². The van der Waals surface area contributed by atoms with Gasteiger partial charge >= 0.3 is 0 Å². The van der Waals surface area contributed by atoms with E-state index >= 15 is 0 Å². The first kappa shape index (κ1) is 17.6. The van der Waals surface area contributed by atoms with Crippen molar-refractivity contribution in [2.75, 3.05) is 5.32 Å². The van der Waals surface area contributed by atoms with E-state index in [1.807, 2.05) is 26.0 Å². The fourth-order valence-corrected chi connectivity index (χ4v) is 3.52. The van der Waals surface area contributed by atoms with Crippen molar-refractivity contribution in [1.29, 1.82) is 0 Å². The van der Waals surface area contributed by atoms with Crippen molar-refractivity contribution in [3.8, 4) is 5.75 Å². The Morgan fingerprint density at radius 3 is 2.36 bits per heavy atom. The van der Waals surface area contributed by atoms with Crippen LogP contribution in [0, 0.1) is 5.82 Å². The Bertz CT molecular complexity index is 656. The topological polar surface area (TPSA) is 21.3 Å². The van der Waals surface area contributed by atoms with Crippen LogP contribution < -0.4 is 10.1 Å². The molecule has 0 fully saturated rings. The summed E-state index contributed by atoms with van der Waals surface area (Å²) in [5, 5.41) is 3.31. The quantitative estimate of drug-likeness (QED) is 0.568. The van der Waals surface area contributed by atoms with E-state index in [9.17, 15) is 4.39 Å². The zero-order valence-electron chi connectivity index (χ0n) is 12.1. The van der Waals surface area contributed by atoms with Crippen LogP contribution in [-0.2, 0) is 6.54 Å². The van der Waals surface area contributed by atoms with Gasteiger partial charge in [0.25, 0.3) is 0 Å². The highest BCUT2D eigenvalue weighted by Gasteiger charge is 2.10. The third kappa shape index (κ3) is 4.61. The molecule has 0 bridgehead atoms. The van der Waals surface area contributed by atoms with Crippen molar-refractivity contribution < 1.29 is 9.13 Å². The van der Waals surface area contributed by atoms with Crippen molar-refractivity contribution in [3.05, 3.63) is 55.7 Å². The van der Waals surface area contributed by atoms with Crippen LogP contribution in [-0.4, -0.2) is 6.10 Å². The average Bonchev–Trinajstić information content (AvgIpc) is 2.44. The Morgan fingerprint density at radius 1 is 1.18 bits per heavy atom. The van der Waals surface area contributed by atoms with Crippen molar-refractivity contribution in [2.45, 2.75) is 26.5 Å². The first-order valence-corrected chi connectivity index (χ1v) is 8.66. The van der Waals surface area contributed by atoms with Gasteiger partial charge in [-0.05, 0) is 81.6 Å². The molecular weight excluding hydrogens is 436 g/mol. The Hall–Kier alpha value is -0.780. The van der Waals surface area contributed by atoms with E-state index < -0.39 is 5.82 Å². The fraction of sp³-hybridized carbons (Fsp3) is 0.250. The van der Waals surface area contributed by atoms with Gasteiger partial charge in [0.1, 0.15) is 11.6 Å². The lowest BCUT2D eigenvalue weighted by molar-refractivity contribution is 0.239. The predicted octanol–water partition coefficient (Wildman–Crippen LogP) is 6.40. The first-order chi connectivity index (χ1) is 10.4. The number of benzene rings is 2. The summed E-state index contributed by atoms with van der Waals surface area (Å²) in [5.41, 5.74) is 1.82. The monoisotopic (exact) mass is 449 g/mol. The predicted molar refractivity (Wildman–Crippen MR) is 96.3 cm³/mol. The highest BCUT2D eigenvalue weighted by atomic mass is 79.9. The van der Waals surface area contributed by atoms with Crippen LogP contribution in [0.4, 0.5) is 10.1 Å². The number of halogens is 4. The van der Waals surface area contributed by atoms with Crippen LogP contribution in [0.1, 0.15) is 19.4 Å². The van der Waals surface area contributed by atoms with Crippen LogP contribution in [0.2, 0.25) is 5.02 Å². The van der Waals surface area contributed by atoms with Crippen molar-refractivity contribution >= 4 is 49.1 Å². The minimum absolute atomic E-state index is 0.0953. The van der Waals surface area contributed by atoms with Crippen LogP contribution in [0.3, 0.4) is 0 Å². The van der Waals surface area contributed by atoms with Gasteiger partial charge in [0.15, 0.2) is 0 Å². The summed E-state index contributed by atoms with van der Waals surface area (Å²) in [4.78, 5) is 0. The third-order valence-corrected chi connectivity index (χ3v) is 4.30. The van der Waals surface area contributed by atoms with Gasteiger partial charge in [-0.2, -0.15) is 0 Å². The lowest BCUT2D eigenvalue weighted by atomic mass is 10.2. The molecule has 0 aliphatic rings. The number of hydrogen-bond donors (Lipinski definition) is 1. The number of rotatable bonds is 5. The Kier molecular flexibility index (Phi) is 6.12. The van der Waals surface area contributed by atoms with Crippen molar-refractivity contribution in [3.63, 3.8) is 0 Å². The second-order valence-electron chi connectivity index (χ2n) is 5.04. The molecule has 2 aromatic rings. The molecule has 0 aliphatic heterocycles. The van der Waals surface area contributed by atoms with E-state index in [2.05, 4.69) is 37.2 Å². The molecule has 6 heteroatoms. The van der Waals surface area contributed by atoms with Gasteiger partial charge in [-0.1, -0.05) is 11.6 Å². The Labute approximate surface area is 151 Å². The van der Waals surface area contributed by atoms with Crippen LogP contribution in [0.15, 0.2) is 39.3 Å². The molecular formula is C16H15Br2ClFNO. The molecule has 0 radical (unpaired) electrons. The van der Waals surface area contributed by atoms with Gasteiger partial charge in [0.05, 0.1) is 20.1 Å². The molecule has 0 saturated heterocycles. The van der Waals surface area contributed by atoms with Gasteiger partial charge in [-0.25, -0.2) is 4.39 Å². The highest BCUT2D eigenvalue weighted by molar-refractivity contribution is 9.11. The second-order valence-corrected chi connectivity index (χ2v) is 7.15. The second kappa shape index (κ2) is 7.66. The Morgan fingerprint density at radius 2 is 1.82 bits per heavy atom. The molecule has 0 aliphatic carbocycles. The number of anilines is 1. The minimum Gasteiger partial charge on any atom is -0.489 e. The maximum Gasteiger partial charge on any atom is 0.148 e. The lowest BCUT2D eigenvalue weighted by Crippen LogP contribution is -2.07. The number of hydrogen-bond acceptors (Lipinski definition) is 2. The summed E-state index contributed by atoms with van der Waals surface area (Å²) in [6.45, 7) is 4.54. The highest BCUT2D eigenvalue weighted by Crippen LogP contribution is 2.35. The molecule has 2 aromatic carbocycles. The molecule has 118 valence electrons. The zero-order valence-corrected chi connectivity index (χ0v) is 16.0. The molecule has 0 unspecified atom stereocenters. The molecule has 2 rings (SSSR count). The van der Waals surface area contributed by atoms with E-state index in [0.717, 1.165) is 25.9 Å². The van der Waals surface area contributed by atoms with E-state index in [1.165, 1.54) is 6.07 Å². The summed E-state index contributed by atoms with van der Waals surface area (Å²) >= 11 is 12.8. The molecule has 22 heavy (non-hydrogen) atoms. The van der Waals surface area contributed by atoms with Crippen LogP contribution in [0.5, 0.6) is 5.75 Å². The molecule has 0 saturated carbocycles. The molecule has 0 amide bonds. The SMILES string of the molecule is CC(C)Oc1c(Br)cc(CNc2ccc(F)c(Cl)c2)cc1Br. The number of nitrogens with one attached hydrogen (secondary N) is 1. The third-order valence-electron chi connectivity index (χ3n) is 2.83. The first-order valence-electron chi connectivity index (χ1n) is 6.70. The maximum atomic E-state index is 13.1. The number of ether oxygens (including phenoxy) is 1. The van der Waals surface area contributed by atoms with E-state index in [4.69, 9.17) is 16.3 Å². The standard InChI is InChI=1S/C16H15Br2ClFNO/c1-9(2)22-16-12(17)5-10(6-13(16)18)8-21-11-3-4-15(20)14(19)7-11/h3-7,9,21H,8H2,1-2H3. The van der Waals surface area contributed by atoms with E-state index in [0.29, 0.717) is 6.54 Å². The molecule has 0 spiro atoms. The van der Waals surface area contributed by atoms with Crippen molar-refractivity contribution in [1.82, 2.24) is 0 Å². The van der Waals surface area contributed by atoms with E-state index in [1.54, 1.807) is 12.1 Å². The summed E-state index contributed by atoms with van der Waals surface area (Å²) in [7, 11) is 0. The average molecular weight is 452 g/mol. The van der Waals surface area contributed by atoms with Gasteiger partial charge in [0.2, 0.25) is 0 Å². The molecule has 1 N–H and O–H groups in total. The van der Waals surface area contributed by atoms with Gasteiger partial charge in [-0.15, -0.1) is 0 Å².